The van der Waals surface area contributed by atoms with Gasteiger partial charge in [0.1, 0.15) is 12.1 Å². The number of rotatable bonds is 22. The third-order valence-electron chi connectivity index (χ3n) is 10.1. The third kappa shape index (κ3) is 14.9. The van der Waals surface area contributed by atoms with Crippen molar-refractivity contribution in [2.75, 3.05) is 44.7 Å². The molecule has 1 unspecified atom stereocenters. The molecule has 0 bridgehead atoms. The molecule has 52 heavy (non-hydrogen) atoms. The average molecular weight is 749 g/mol. The minimum absolute atomic E-state index is 0.125. The normalized spacial score (nSPS) is 18.3. The minimum Gasteiger partial charge on any atom is -0.346 e. The van der Waals surface area contributed by atoms with Crippen molar-refractivity contribution in [2.24, 2.45) is 22.2 Å². The Morgan fingerprint density at radius 3 is 2.12 bits per heavy atom. The fourth-order valence-corrected chi connectivity index (χ4v) is 7.15. The van der Waals surface area contributed by atoms with Crippen molar-refractivity contribution in [3.63, 3.8) is 0 Å². The summed E-state index contributed by atoms with van der Waals surface area (Å²) in [5.41, 5.74) is -1.49. The number of thioether (sulfide) groups is 1. The number of nitrogens with one attached hydrogen (secondary N) is 4. The molecule has 0 saturated carbocycles. The molecular weight excluding hydrogens is 677 g/mol. The second-order valence-electron chi connectivity index (χ2n) is 17.0. The van der Waals surface area contributed by atoms with Crippen LogP contribution in [-0.4, -0.2) is 108 Å². The summed E-state index contributed by atoms with van der Waals surface area (Å²) < 4.78 is 0. The van der Waals surface area contributed by atoms with Crippen LogP contribution in [0.2, 0.25) is 0 Å². The number of ketones is 1. The Morgan fingerprint density at radius 2 is 1.58 bits per heavy atom. The minimum atomic E-state index is -1.05. The van der Waals surface area contributed by atoms with Gasteiger partial charge in [-0.1, -0.05) is 94.2 Å². The summed E-state index contributed by atoms with van der Waals surface area (Å²) in [6.45, 7) is 29.6. The topological polar surface area (TPSA) is 140 Å². The Kier molecular flexibility index (Phi) is 19.7. The van der Waals surface area contributed by atoms with E-state index in [2.05, 4.69) is 74.1 Å². The van der Waals surface area contributed by atoms with Crippen LogP contribution in [0.1, 0.15) is 108 Å². The maximum Gasteiger partial charge on any atom is 0.315 e. The van der Waals surface area contributed by atoms with Crippen LogP contribution >= 0.6 is 11.8 Å². The maximum absolute atomic E-state index is 14.6. The third-order valence-corrected chi connectivity index (χ3v) is 11.0. The highest BCUT2D eigenvalue weighted by atomic mass is 32.2. The van der Waals surface area contributed by atoms with Gasteiger partial charge in [0.25, 0.3) is 5.91 Å². The number of amides is 5. The number of Topliss-reactive ketones (excluding diaryl/α,β-unsaturated/α-hetero) is 1. The monoisotopic (exact) mass is 749 g/mol. The first kappa shape index (κ1) is 47.2. The van der Waals surface area contributed by atoms with E-state index in [0.29, 0.717) is 19.4 Å². The van der Waals surface area contributed by atoms with E-state index in [1.165, 1.54) is 6.08 Å². The van der Waals surface area contributed by atoms with Crippen LogP contribution in [0.25, 0.3) is 0 Å². The largest absolute Gasteiger partial charge is 0.346 e. The molecule has 4 N–H and O–H groups in total. The number of urea groups is 1. The second-order valence-corrected chi connectivity index (χ2v) is 18.4. The van der Waals surface area contributed by atoms with E-state index in [9.17, 15) is 24.0 Å². The molecular formula is C40H72N6O5S. The second kappa shape index (κ2) is 21.7. The molecule has 1 fully saturated rings. The van der Waals surface area contributed by atoms with Gasteiger partial charge >= 0.3 is 6.03 Å². The van der Waals surface area contributed by atoms with Crippen LogP contribution in [-0.2, 0) is 19.2 Å². The van der Waals surface area contributed by atoms with Crippen molar-refractivity contribution < 1.29 is 24.0 Å². The molecule has 11 nitrogen and oxygen atoms in total. The van der Waals surface area contributed by atoms with E-state index in [4.69, 9.17) is 0 Å². The standard InChI is InChI=1S/C40H72N6O5S/c1-14-18-21-29(32(47)35(49)41-23-15-2)42-34(48)31-28(40(11,12)16-3)22-25-46(31)36(50)33(39(8,9)10)44-37(51)43-30(38(5,6)7)27-45(13)24-19-20-26-52-17-4/h15-16,28-31,33H,2-3,14,17-27H2,1,4-13H3,(H,41,49)(H,42,48)(H2,43,44,51)/t28-,29?,30+,31-,33+/m0/s1. The number of carbonyl (C=O) groups is 5. The van der Waals surface area contributed by atoms with Gasteiger partial charge in [0.15, 0.2) is 0 Å². The maximum atomic E-state index is 14.6. The lowest BCUT2D eigenvalue weighted by atomic mass is 9.74. The van der Waals surface area contributed by atoms with Gasteiger partial charge < -0.3 is 31.1 Å². The zero-order chi connectivity index (χ0) is 39.9. The summed E-state index contributed by atoms with van der Waals surface area (Å²) in [5, 5.41) is 11.5. The van der Waals surface area contributed by atoms with E-state index in [1.807, 2.05) is 53.3 Å². The molecule has 5 atom stereocenters. The van der Waals surface area contributed by atoms with Gasteiger partial charge in [-0.05, 0) is 72.9 Å². The fraction of sp³-hybridized carbons (Fsp3) is 0.775. The van der Waals surface area contributed by atoms with Gasteiger partial charge in [0, 0.05) is 25.7 Å². The number of hydrogen-bond donors (Lipinski definition) is 4. The Hall–Kier alpha value is -2.86. The zero-order valence-corrected chi connectivity index (χ0v) is 35.1. The van der Waals surface area contributed by atoms with Crippen LogP contribution in [0.5, 0.6) is 0 Å². The van der Waals surface area contributed by atoms with Gasteiger partial charge in [-0.3, -0.25) is 19.2 Å². The average Bonchev–Trinajstić information content (AvgIpc) is 3.52. The van der Waals surface area contributed by atoms with Crippen molar-refractivity contribution in [3.05, 3.63) is 25.3 Å². The summed E-state index contributed by atoms with van der Waals surface area (Å²) in [6, 6.07) is -3.59. The quantitative estimate of drug-likeness (QED) is 0.0647. The molecule has 0 aromatic carbocycles. The summed E-state index contributed by atoms with van der Waals surface area (Å²) in [4.78, 5) is 72.3. The van der Waals surface area contributed by atoms with Crippen molar-refractivity contribution >= 4 is 41.3 Å². The first-order valence-electron chi connectivity index (χ1n) is 19.2. The number of likely N-dealkylation sites (tertiary alicyclic amines) is 1. The smallest absolute Gasteiger partial charge is 0.315 e. The summed E-state index contributed by atoms with van der Waals surface area (Å²) in [7, 11) is 2.07. The number of unbranched alkanes of at least 4 members (excludes halogenated alkanes) is 2. The van der Waals surface area contributed by atoms with Crippen molar-refractivity contribution in [3.8, 4) is 0 Å². The van der Waals surface area contributed by atoms with Gasteiger partial charge in [0.2, 0.25) is 17.6 Å². The predicted molar refractivity (Wildman–Crippen MR) is 215 cm³/mol. The lowest BCUT2D eigenvalue weighted by Crippen LogP contribution is -2.62. The molecule has 5 amide bonds. The van der Waals surface area contributed by atoms with E-state index >= 15 is 0 Å². The van der Waals surface area contributed by atoms with Gasteiger partial charge in [-0.15, -0.1) is 13.2 Å². The molecule has 12 heteroatoms. The highest BCUT2D eigenvalue weighted by Gasteiger charge is 2.50. The Labute approximate surface area is 319 Å². The lowest BCUT2D eigenvalue weighted by Gasteiger charge is -2.39. The lowest BCUT2D eigenvalue weighted by molar-refractivity contribution is -0.145. The number of hydrogen-bond acceptors (Lipinski definition) is 7. The Bertz CT molecular complexity index is 1210. The molecule has 0 radical (unpaired) electrons. The van der Waals surface area contributed by atoms with Gasteiger partial charge in [-0.2, -0.15) is 11.8 Å². The summed E-state index contributed by atoms with van der Waals surface area (Å²) in [5.74, 6) is -0.461. The van der Waals surface area contributed by atoms with Gasteiger partial charge in [-0.25, -0.2) is 4.79 Å². The Balaban J connectivity index is 3.36. The van der Waals surface area contributed by atoms with Crippen LogP contribution < -0.4 is 21.3 Å². The molecule has 0 aromatic rings. The fourth-order valence-electron chi connectivity index (χ4n) is 6.45. The van der Waals surface area contributed by atoms with Crippen molar-refractivity contribution in [2.45, 2.75) is 132 Å². The van der Waals surface area contributed by atoms with Crippen LogP contribution in [0.15, 0.2) is 25.3 Å². The SMILES string of the molecule is C=CCNC(=O)C(=O)C(CCCC)NC(=O)[C@@H]1[C@@H](C(C)(C)C=C)CCN1C(=O)[C@@H](NC(=O)N[C@H](CN(C)CCCCSCC)C(C)(C)C)C(C)(C)C. The molecule has 0 aliphatic carbocycles. The van der Waals surface area contributed by atoms with E-state index in [-0.39, 0.29) is 42.8 Å². The van der Waals surface area contributed by atoms with Crippen LogP contribution in [0.3, 0.4) is 0 Å². The number of likely N-dealkylation sites (N-methyl/N-ethyl adjacent to an activating group) is 1. The molecule has 298 valence electrons. The number of carbonyl (C=O) groups excluding carboxylic acids is 5. The first-order chi connectivity index (χ1) is 24.2. The van der Waals surface area contributed by atoms with Crippen molar-refractivity contribution in [1.29, 1.82) is 0 Å². The van der Waals surface area contributed by atoms with E-state index in [0.717, 1.165) is 37.3 Å². The highest BCUT2D eigenvalue weighted by Crippen LogP contribution is 2.41. The zero-order valence-electron chi connectivity index (χ0n) is 34.3. The van der Waals surface area contributed by atoms with E-state index < -0.39 is 52.6 Å². The molecule has 1 heterocycles. The molecule has 1 aliphatic heterocycles. The first-order valence-corrected chi connectivity index (χ1v) is 20.3. The number of allylic oxidation sites excluding steroid dienone is 1. The van der Waals surface area contributed by atoms with E-state index in [1.54, 1.807) is 11.0 Å². The van der Waals surface area contributed by atoms with Crippen molar-refractivity contribution in [1.82, 2.24) is 31.1 Å². The molecule has 1 saturated heterocycles. The van der Waals surface area contributed by atoms with Crippen LogP contribution in [0.4, 0.5) is 4.79 Å². The Morgan fingerprint density at radius 1 is 0.923 bits per heavy atom. The number of nitrogens with zero attached hydrogens (tertiary/aromatic N) is 2. The van der Waals surface area contributed by atoms with Gasteiger partial charge in [0.05, 0.1) is 6.04 Å². The molecule has 0 spiro atoms. The molecule has 1 rings (SSSR count). The molecule has 0 aromatic heterocycles. The highest BCUT2D eigenvalue weighted by molar-refractivity contribution is 7.99. The summed E-state index contributed by atoms with van der Waals surface area (Å²) >= 11 is 1.95. The van der Waals surface area contributed by atoms with Crippen LogP contribution in [0, 0.1) is 22.2 Å². The predicted octanol–water partition coefficient (Wildman–Crippen LogP) is 5.56. The molecule has 1 aliphatic rings. The summed E-state index contributed by atoms with van der Waals surface area (Å²) in [6.07, 6.45) is 7.68.